The molecule has 1 amide bonds. The number of likely N-dealkylation sites (N-methyl/N-ethyl adjacent to an activating group) is 1. The Morgan fingerprint density at radius 3 is 2.35 bits per heavy atom. The molecule has 0 spiro atoms. The Morgan fingerprint density at radius 1 is 1.08 bits per heavy atom. The van der Waals surface area contributed by atoms with Crippen LogP contribution in [-0.2, 0) is 11.8 Å². The summed E-state index contributed by atoms with van der Waals surface area (Å²) in [5.41, 5.74) is 1.86. The number of carbonyl (C=O) groups is 1. The molecule has 0 aliphatic carbocycles. The number of carbonyl (C=O) groups excluding carboxylic acids is 1. The van der Waals surface area contributed by atoms with Crippen LogP contribution in [0.2, 0.25) is 5.02 Å². The van der Waals surface area contributed by atoms with Crippen LogP contribution in [0, 0.1) is 0 Å². The summed E-state index contributed by atoms with van der Waals surface area (Å²) in [6, 6.07) is 17.2. The van der Waals surface area contributed by atoms with Crippen molar-refractivity contribution in [2.24, 2.45) is 7.05 Å². The Hall–Kier alpha value is -2.31. The first-order chi connectivity index (χ1) is 12.5. The van der Waals surface area contributed by atoms with Crippen molar-refractivity contribution < 1.29 is 4.79 Å². The number of rotatable bonds is 5. The lowest BCUT2D eigenvalue weighted by molar-refractivity contribution is -0.128. The standard InChI is InChI=1S/C19H19ClN4OS/c1-23(2)18(25)16(13-7-5-4-6-8-13)26-19-22-21-17(24(19)3)14-9-11-15(20)12-10-14/h4-12,16H,1-3H3/t16-/m0/s1. The van der Waals surface area contributed by atoms with Crippen LogP contribution in [0.5, 0.6) is 0 Å². The fourth-order valence-electron chi connectivity index (χ4n) is 2.50. The third kappa shape index (κ3) is 3.92. The molecule has 3 rings (SSSR count). The molecule has 0 fully saturated rings. The topological polar surface area (TPSA) is 51.0 Å². The summed E-state index contributed by atoms with van der Waals surface area (Å²) >= 11 is 7.35. The van der Waals surface area contributed by atoms with Gasteiger partial charge in [0.25, 0.3) is 0 Å². The quantitative estimate of drug-likeness (QED) is 0.620. The highest BCUT2D eigenvalue weighted by Gasteiger charge is 2.26. The number of aromatic nitrogens is 3. The summed E-state index contributed by atoms with van der Waals surface area (Å²) in [4.78, 5) is 14.3. The van der Waals surface area contributed by atoms with Crippen LogP contribution in [0.4, 0.5) is 0 Å². The van der Waals surface area contributed by atoms with Gasteiger partial charge in [-0.1, -0.05) is 53.7 Å². The summed E-state index contributed by atoms with van der Waals surface area (Å²) in [5, 5.41) is 9.55. The van der Waals surface area contributed by atoms with Gasteiger partial charge < -0.3 is 9.47 Å². The van der Waals surface area contributed by atoms with Crippen molar-refractivity contribution in [2.75, 3.05) is 14.1 Å². The van der Waals surface area contributed by atoms with Crippen LogP contribution in [0.15, 0.2) is 59.8 Å². The number of thioether (sulfide) groups is 1. The third-order valence-electron chi connectivity index (χ3n) is 3.93. The molecule has 0 aliphatic rings. The second kappa shape index (κ2) is 7.93. The van der Waals surface area contributed by atoms with Crippen LogP contribution in [0.25, 0.3) is 11.4 Å². The molecule has 5 nitrogen and oxygen atoms in total. The van der Waals surface area contributed by atoms with Gasteiger partial charge in [-0.3, -0.25) is 4.79 Å². The average Bonchev–Trinajstić information content (AvgIpc) is 3.01. The molecule has 0 unspecified atom stereocenters. The van der Waals surface area contributed by atoms with Crippen LogP contribution < -0.4 is 0 Å². The molecule has 0 N–H and O–H groups in total. The molecule has 0 saturated heterocycles. The zero-order chi connectivity index (χ0) is 18.7. The third-order valence-corrected chi connectivity index (χ3v) is 5.46. The van der Waals surface area contributed by atoms with Crippen LogP contribution >= 0.6 is 23.4 Å². The van der Waals surface area contributed by atoms with Crippen LogP contribution in [-0.4, -0.2) is 39.7 Å². The van der Waals surface area contributed by atoms with E-state index in [1.165, 1.54) is 11.8 Å². The lowest BCUT2D eigenvalue weighted by Gasteiger charge is -2.20. The maximum Gasteiger partial charge on any atom is 0.240 e. The Kier molecular flexibility index (Phi) is 5.64. The van der Waals surface area contributed by atoms with E-state index in [1.807, 2.05) is 66.2 Å². The number of nitrogens with zero attached hydrogens (tertiary/aromatic N) is 4. The summed E-state index contributed by atoms with van der Waals surface area (Å²) in [6.07, 6.45) is 0. The lowest BCUT2D eigenvalue weighted by Crippen LogP contribution is -2.26. The minimum atomic E-state index is -0.382. The van der Waals surface area contributed by atoms with Gasteiger partial charge in [-0.05, 0) is 29.8 Å². The first-order valence-electron chi connectivity index (χ1n) is 8.05. The maximum atomic E-state index is 12.7. The fourth-order valence-corrected chi connectivity index (χ4v) is 3.77. The summed E-state index contributed by atoms with van der Waals surface area (Å²) in [6.45, 7) is 0. The van der Waals surface area contributed by atoms with E-state index in [1.54, 1.807) is 19.0 Å². The van der Waals surface area contributed by atoms with Crippen molar-refractivity contribution in [2.45, 2.75) is 10.4 Å². The molecule has 1 atom stereocenters. The van der Waals surface area contributed by atoms with E-state index in [9.17, 15) is 4.79 Å². The van der Waals surface area contributed by atoms with Gasteiger partial charge in [0.1, 0.15) is 5.25 Å². The van der Waals surface area contributed by atoms with Gasteiger partial charge in [-0.25, -0.2) is 0 Å². The number of benzene rings is 2. The highest BCUT2D eigenvalue weighted by atomic mass is 35.5. The Morgan fingerprint density at radius 2 is 1.73 bits per heavy atom. The number of hydrogen-bond acceptors (Lipinski definition) is 4. The predicted octanol–water partition coefficient (Wildman–Crippen LogP) is 4.06. The molecular formula is C19H19ClN4OS. The smallest absolute Gasteiger partial charge is 0.240 e. The zero-order valence-electron chi connectivity index (χ0n) is 14.8. The zero-order valence-corrected chi connectivity index (χ0v) is 16.3. The minimum Gasteiger partial charge on any atom is -0.348 e. The second-order valence-electron chi connectivity index (χ2n) is 6.01. The lowest BCUT2D eigenvalue weighted by atomic mass is 10.1. The van der Waals surface area contributed by atoms with Gasteiger partial charge in [-0.2, -0.15) is 0 Å². The van der Waals surface area contributed by atoms with Gasteiger partial charge in [0.05, 0.1) is 0 Å². The molecule has 2 aromatic carbocycles. The normalized spacial score (nSPS) is 12.0. The second-order valence-corrected chi connectivity index (χ2v) is 7.52. The maximum absolute atomic E-state index is 12.7. The number of amides is 1. The molecule has 1 heterocycles. The van der Waals surface area contributed by atoms with E-state index in [2.05, 4.69) is 10.2 Å². The monoisotopic (exact) mass is 386 g/mol. The molecule has 0 aliphatic heterocycles. The first kappa shape index (κ1) is 18.5. The first-order valence-corrected chi connectivity index (χ1v) is 9.31. The van der Waals surface area contributed by atoms with Crippen molar-refractivity contribution in [3.8, 4) is 11.4 Å². The Balaban J connectivity index is 1.93. The molecule has 26 heavy (non-hydrogen) atoms. The van der Waals surface area contributed by atoms with Crippen molar-refractivity contribution in [1.82, 2.24) is 19.7 Å². The number of hydrogen-bond donors (Lipinski definition) is 0. The van der Waals surface area contributed by atoms with E-state index in [0.717, 1.165) is 17.0 Å². The van der Waals surface area contributed by atoms with E-state index in [0.29, 0.717) is 10.2 Å². The average molecular weight is 387 g/mol. The Bertz CT molecular complexity index is 894. The summed E-state index contributed by atoms with van der Waals surface area (Å²) in [5.74, 6) is 0.741. The van der Waals surface area contributed by atoms with Crippen LogP contribution in [0.3, 0.4) is 0 Å². The van der Waals surface area contributed by atoms with Gasteiger partial charge >= 0.3 is 0 Å². The largest absolute Gasteiger partial charge is 0.348 e. The van der Waals surface area contributed by atoms with E-state index >= 15 is 0 Å². The fraction of sp³-hybridized carbons (Fsp3) is 0.211. The highest BCUT2D eigenvalue weighted by molar-refractivity contribution is 8.00. The molecular weight excluding hydrogens is 368 g/mol. The van der Waals surface area contributed by atoms with E-state index < -0.39 is 0 Å². The minimum absolute atomic E-state index is 0.0113. The Labute approximate surface area is 162 Å². The van der Waals surface area contributed by atoms with Crippen molar-refractivity contribution in [3.63, 3.8) is 0 Å². The van der Waals surface area contributed by atoms with Crippen molar-refractivity contribution in [3.05, 3.63) is 65.2 Å². The summed E-state index contributed by atoms with van der Waals surface area (Å²) < 4.78 is 1.90. The number of halogens is 1. The van der Waals surface area contributed by atoms with Crippen LogP contribution in [0.1, 0.15) is 10.8 Å². The van der Waals surface area contributed by atoms with Gasteiger partial charge in [-0.15, -0.1) is 10.2 Å². The van der Waals surface area contributed by atoms with Crippen molar-refractivity contribution in [1.29, 1.82) is 0 Å². The highest BCUT2D eigenvalue weighted by Crippen LogP contribution is 2.36. The van der Waals surface area contributed by atoms with Crippen molar-refractivity contribution >= 4 is 29.3 Å². The summed E-state index contributed by atoms with van der Waals surface area (Å²) in [7, 11) is 5.41. The van der Waals surface area contributed by atoms with E-state index in [4.69, 9.17) is 11.6 Å². The SMILES string of the molecule is CN(C)C(=O)[C@@H](Sc1nnc(-c2ccc(Cl)cc2)n1C)c1ccccc1. The van der Waals surface area contributed by atoms with E-state index in [-0.39, 0.29) is 11.2 Å². The molecule has 7 heteroatoms. The predicted molar refractivity (Wildman–Crippen MR) is 105 cm³/mol. The van der Waals surface area contributed by atoms with Gasteiger partial charge in [0.15, 0.2) is 11.0 Å². The molecule has 0 radical (unpaired) electrons. The molecule has 0 bridgehead atoms. The molecule has 0 saturated carbocycles. The van der Waals surface area contributed by atoms with Gasteiger partial charge in [0, 0.05) is 31.7 Å². The molecule has 1 aromatic heterocycles. The van der Waals surface area contributed by atoms with Gasteiger partial charge in [0.2, 0.25) is 5.91 Å². The molecule has 134 valence electrons. The molecule has 3 aromatic rings.